The number of aromatic nitrogens is 3. The van der Waals surface area contributed by atoms with E-state index in [0.29, 0.717) is 12.2 Å². The van der Waals surface area contributed by atoms with Gasteiger partial charge in [-0.1, -0.05) is 24.4 Å². The Morgan fingerprint density at radius 2 is 2.11 bits per heavy atom. The molecule has 2 aromatic heterocycles. The van der Waals surface area contributed by atoms with Gasteiger partial charge in [0.2, 0.25) is 0 Å². The van der Waals surface area contributed by atoms with E-state index in [2.05, 4.69) is 20.3 Å². The van der Waals surface area contributed by atoms with Gasteiger partial charge in [0.15, 0.2) is 5.96 Å². The van der Waals surface area contributed by atoms with Crippen LogP contribution in [-0.2, 0) is 6.54 Å². The second kappa shape index (κ2) is 8.56. The van der Waals surface area contributed by atoms with Crippen LogP contribution in [0.2, 0.25) is 0 Å². The molecular weight excluding hydrogens is 362 g/mol. The Bertz CT molecular complexity index is 1020. The van der Waals surface area contributed by atoms with Crippen molar-refractivity contribution in [1.82, 2.24) is 19.9 Å². The van der Waals surface area contributed by atoms with Gasteiger partial charge in [-0.2, -0.15) is 4.98 Å². The molecule has 0 amide bonds. The standard InChI is InChI=1S/C18H21N7OS/c19-17(20)22-7-1-6-21-9-12-2-4-15(5-3-12)25-10-13-8-14(11-27)23-16(13)24-18(25)26/h2-5,8,10-11,21H,1,6-7,9H2,(H4,19,20,22)(H,23,24,26). The Labute approximate surface area is 161 Å². The van der Waals surface area contributed by atoms with E-state index in [-0.39, 0.29) is 11.6 Å². The van der Waals surface area contributed by atoms with Crippen molar-refractivity contribution in [3.05, 3.63) is 58.3 Å². The van der Waals surface area contributed by atoms with Gasteiger partial charge in [-0.05, 0) is 36.7 Å². The maximum Gasteiger partial charge on any atom is 0.354 e. The molecule has 0 bridgehead atoms. The molecule has 1 aromatic carbocycles. The summed E-state index contributed by atoms with van der Waals surface area (Å²) in [5.74, 6) is 0.117. The van der Waals surface area contributed by atoms with Crippen LogP contribution < -0.4 is 22.5 Å². The number of rotatable bonds is 8. The Kier molecular flexibility index (Phi) is 5.94. The molecular formula is C18H21N7OS. The number of guanidine groups is 1. The molecule has 0 aliphatic carbocycles. The molecule has 6 N–H and O–H groups in total. The minimum absolute atomic E-state index is 0.117. The fraction of sp³-hybridized carbons (Fsp3) is 0.222. The van der Waals surface area contributed by atoms with Crippen LogP contribution in [0.3, 0.4) is 0 Å². The van der Waals surface area contributed by atoms with Gasteiger partial charge in [-0.3, -0.25) is 9.56 Å². The first-order chi connectivity index (χ1) is 13.1. The van der Waals surface area contributed by atoms with Gasteiger partial charge in [0.1, 0.15) is 5.65 Å². The van der Waals surface area contributed by atoms with Crippen LogP contribution in [0.5, 0.6) is 0 Å². The molecule has 2 heterocycles. The van der Waals surface area contributed by atoms with Gasteiger partial charge in [-0.15, -0.1) is 0 Å². The van der Waals surface area contributed by atoms with Gasteiger partial charge >= 0.3 is 5.69 Å². The number of aromatic amines is 1. The average molecular weight is 383 g/mol. The first kappa shape index (κ1) is 18.7. The highest BCUT2D eigenvalue weighted by Gasteiger charge is 2.06. The molecule has 0 unspecified atom stereocenters. The van der Waals surface area contributed by atoms with Gasteiger partial charge in [0, 0.05) is 30.0 Å². The highest BCUT2D eigenvalue weighted by atomic mass is 32.1. The molecule has 0 aliphatic rings. The fourth-order valence-corrected chi connectivity index (χ4v) is 2.81. The molecule has 0 saturated carbocycles. The van der Waals surface area contributed by atoms with Crippen molar-refractivity contribution in [2.45, 2.75) is 13.0 Å². The Morgan fingerprint density at radius 3 is 2.81 bits per heavy atom. The van der Waals surface area contributed by atoms with Crippen LogP contribution >= 0.6 is 12.2 Å². The number of hydrogen-bond donors (Lipinski definition) is 4. The van der Waals surface area contributed by atoms with Crippen LogP contribution in [0.4, 0.5) is 0 Å². The molecule has 140 valence electrons. The van der Waals surface area contributed by atoms with E-state index in [1.54, 1.807) is 6.20 Å². The number of thiocarbonyl (C=S) groups is 1. The lowest BCUT2D eigenvalue weighted by Crippen LogP contribution is -2.23. The molecule has 0 atom stereocenters. The Morgan fingerprint density at radius 1 is 1.33 bits per heavy atom. The minimum atomic E-state index is -0.342. The van der Waals surface area contributed by atoms with E-state index < -0.39 is 0 Å². The van der Waals surface area contributed by atoms with Gasteiger partial charge in [0.25, 0.3) is 0 Å². The van der Waals surface area contributed by atoms with Crippen molar-refractivity contribution < 1.29 is 0 Å². The summed E-state index contributed by atoms with van der Waals surface area (Å²) in [6.07, 6.45) is 2.62. The summed E-state index contributed by atoms with van der Waals surface area (Å²) in [6, 6.07) is 9.63. The molecule has 0 aliphatic heterocycles. The van der Waals surface area contributed by atoms with Gasteiger partial charge < -0.3 is 21.8 Å². The van der Waals surface area contributed by atoms with Crippen molar-refractivity contribution in [3.63, 3.8) is 0 Å². The lowest BCUT2D eigenvalue weighted by molar-refractivity contribution is 0.655. The third kappa shape index (κ3) is 4.78. The topological polar surface area (TPSA) is 127 Å². The molecule has 0 spiro atoms. The summed E-state index contributed by atoms with van der Waals surface area (Å²) in [6.45, 7) is 2.15. The molecule has 27 heavy (non-hydrogen) atoms. The number of benzene rings is 1. The largest absolute Gasteiger partial charge is 0.370 e. The van der Waals surface area contributed by atoms with E-state index in [1.165, 1.54) is 9.93 Å². The molecule has 0 saturated heterocycles. The highest BCUT2D eigenvalue weighted by Crippen LogP contribution is 2.13. The van der Waals surface area contributed by atoms with Crippen molar-refractivity contribution in [2.24, 2.45) is 16.5 Å². The average Bonchev–Trinajstić information content (AvgIpc) is 3.06. The Balaban J connectivity index is 1.65. The predicted molar refractivity (Wildman–Crippen MR) is 111 cm³/mol. The summed E-state index contributed by atoms with van der Waals surface area (Å²) in [5, 5.41) is 5.68. The van der Waals surface area contributed by atoms with Crippen molar-refractivity contribution >= 4 is 34.6 Å². The summed E-state index contributed by atoms with van der Waals surface area (Å²) in [4.78, 5) is 23.3. The van der Waals surface area contributed by atoms with E-state index >= 15 is 0 Å². The molecule has 9 heteroatoms. The summed E-state index contributed by atoms with van der Waals surface area (Å²) < 4.78 is 1.52. The third-order valence-corrected chi connectivity index (χ3v) is 4.26. The number of hydrogen-bond acceptors (Lipinski definition) is 5. The maximum atomic E-state index is 12.3. The van der Waals surface area contributed by atoms with Crippen molar-refractivity contribution in [3.8, 4) is 5.69 Å². The van der Waals surface area contributed by atoms with Crippen LogP contribution in [0, 0.1) is 0 Å². The summed E-state index contributed by atoms with van der Waals surface area (Å²) in [7, 11) is 0. The number of nitrogens with zero attached hydrogens (tertiary/aromatic N) is 3. The lowest BCUT2D eigenvalue weighted by atomic mass is 10.2. The van der Waals surface area contributed by atoms with E-state index in [0.717, 1.165) is 41.8 Å². The number of nitrogens with one attached hydrogen (secondary N) is 2. The van der Waals surface area contributed by atoms with E-state index in [9.17, 15) is 4.79 Å². The van der Waals surface area contributed by atoms with E-state index in [1.807, 2.05) is 30.3 Å². The zero-order chi connectivity index (χ0) is 19.2. The van der Waals surface area contributed by atoms with Crippen LogP contribution in [0.25, 0.3) is 16.7 Å². The third-order valence-electron chi connectivity index (χ3n) is 4.01. The second-order valence-corrected chi connectivity index (χ2v) is 6.28. The van der Waals surface area contributed by atoms with Crippen molar-refractivity contribution in [2.75, 3.05) is 13.1 Å². The lowest BCUT2D eigenvalue weighted by Gasteiger charge is -2.08. The summed E-state index contributed by atoms with van der Waals surface area (Å²) >= 11 is 4.91. The monoisotopic (exact) mass is 383 g/mol. The molecule has 8 nitrogen and oxygen atoms in total. The minimum Gasteiger partial charge on any atom is -0.370 e. The zero-order valence-electron chi connectivity index (χ0n) is 14.7. The van der Waals surface area contributed by atoms with Crippen molar-refractivity contribution in [1.29, 1.82) is 0 Å². The zero-order valence-corrected chi connectivity index (χ0v) is 15.5. The normalized spacial score (nSPS) is 10.8. The molecule has 3 aromatic rings. The SMILES string of the molecule is NC(N)=NCCCNCc1ccc(-n2cc3cc(C=S)[nH]c3nc2=O)cc1. The second-order valence-electron chi connectivity index (χ2n) is 6.04. The molecule has 0 radical (unpaired) electrons. The smallest absolute Gasteiger partial charge is 0.354 e. The Hall–Kier alpha value is -3.04. The molecule has 0 fully saturated rings. The maximum absolute atomic E-state index is 12.3. The molecule has 3 rings (SSSR count). The first-order valence-electron chi connectivity index (χ1n) is 8.50. The van der Waals surface area contributed by atoms with Gasteiger partial charge in [-0.25, -0.2) is 4.79 Å². The first-order valence-corrected chi connectivity index (χ1v) is 8.97. The fourth-order valence-electron chi connectivity index (χ4n) is 2.68. The number of aliphatic imine (C=N–C) groups is 1. The van der Waals surface area contributed by atoms with Crippen LogP contribution in [-0.4, -0.2) is 39.0 Å². The van der Waals surface area contributed by atoms with E-state index in [4.69, 9.17) is 23.7 Å². The number of nitrogens with two attached hydrogens (primary N) is 2. The predicted octanol–water partition coefficient (Wildman–Crippen LogP) is 0.815. The van der Waals surface area contributed by atoms with Gasteiger partial charge in [0.05, 0.1) is 11.4 Å². The number of H-pyrrole nitrogens is 1. The quantitative estimate of drug-likeness (QED) is 0.197. The van der Waals surface area contributed by atoms with Crippen LogP contribution in [0.15, 0.2) is 46.3 Å². The summed E-state index contributed by atoms with van der Waals surface area (Å²) in [5.41, 5.74) is 13.4. The highest BCUT2D eigenvalue weighted by molar-refractivity contribution is 7.79. The van der Waals surface area contributed by atoms with Crippen LogP contribution in [0.1, 0.15) is 17.7 Å². The number of fused-ring (bicyclic) bond motifs is 1.